The molecule has 0 atom stereocenters. The lowest BCUT2D eigenvalue weighted by Gasteiger charge is -2.15. The van der Waals surface area contributed by atoms with Crippen molar-refractivity contribution in [3.05, 3.63) is 104 Å². The molecule has 0 spiro atoms. The van der Waals surface area contributed by atoms with Crippen LogP contribution in [0.3, 0.4) is 0 Å². The van der Waals surface area contributed by atoms with Crippen LogP contribution in [0.5, 0.6) is 11.5 Å². The Morgan fingerprint density at radius 2 is 1.74 bits per heavy atom. The summed E-state index contributed by atoms with van der Waals surface area (Å²) in [6, 6.07) is 17.4. The van der Waals surface area contributed by atoms with Gasteiger partial charge in [-0.15, -0.1) is 0 Å². The molecule has 0 radical (unpaired) electrons. The van der Waals surface area contributed by atoms with Gasteiger partial charge in [0.2, 0.25) is 5.95 Å². The second kappa shape index (κ2) is 10.4. The van der Waals surface area contributed by atoms with E-state index in [1.807, 2.05) is 0 Å². The van der Waals surface area contributed by atoms with Gasteiger partial charge in [-0.1, -0.05) is 23.7 Å². The zero-order chi connectivity index (χ0) is 24.9. The summed E-state index contributed by atoms with van der Waals surface area (Å²) in [6.45, 7) is 1.71. The fourth-order valence-electron chi connectivity index (χ4n) is 3.33. The standard InChI is InChI=1S/C25H22ClN5O4/c1-16(32)13-20-14-22(11-12-27-20)35-21-9-7-19(8-10-21)28-23-29-24(33)30(2)25(34)31(23)15-17-3-5-18(26)6-4-17/h3-12,14H,13,15H2,1-2H3,(H,28,29,33). The molecule has 4 rings (SSSR count). The third-order valence-corrected chi connectivity index (χ3v) is 5.33. The molecule has 0 amide bonds. The first-order chi connectivity index (χ1) is 16.8. The van der Waals surface area contributed by atoms with Crippen molar-refractivity contribution in [3.63, 3.8) is 0 Å². The van der Waals surface area contributed by atoms with Gasteiger partial charge in [0.15, 0.2) is 0 Å². The maximum atomic E-state index is 12.8. The van der Waals surface area contributed by atoms with Gasteiger partial charge in [-0.2, -0.15) is 4.98 Å². The minimum absolute atomic E-state index is 0.0176. The number of hydrogen-bond acceptors (Lipinski definition) is 7. The molecule has 0 fully saturated rings. The molecule has 10 heteroatoms. The number of rotatable bonds is 8. The van der Waals surface area contributed by atoms with Crippen molar-refractivity contribution in [2.24, 2.45) is 7.05 Å². The Morgan fingerprint density at radius 3 is 2.43 bits per heavy atom. The molecule has 0 saturated carbocycles. The Morgan fingerprint density at radius 1 is 1.03 bits per heavy atom. The van der Waals surface area contributed by atoms with Crippen LogP contribution in [-0.2, 0) is 24.8 Å². The highest BCUT2D eigenvalue weighted by Crippen LogP contribution is 2.24. The van der Waals surface area contributed by atoms with E-state index in [-0.39, 0.29) is 24.7 Å². The van der Waals surface area contributed by atoms with Gasteiger partial charge in [0.25, 0.3) is 0 Å². The number of carbonyl (C=O) groups excluding carboxylic acids is 1. The van der Waals surface area contributed by atoms with E-state index < -0.39 is 11.4 Å². The summed E-state index contributed by atoms with van der Waals surface area (Å²) in [5, 5.41) is 3.63. The molecule has 0 aliphatic heterocycles. The van der Waals surface area contributed by atoms with Crippen molar-refractivity contribution in [3.8, 4) is 11.5 Å². The number of ether oxygens (including phenoxy) is 1. The van der Waals surface area contributed by atoms with Crippen LogP contribution in [0.1, 0.15) is 18.2 Å². The molecule has 0 aliphatic rings. The minimum Gasteiger partial charge on any atom is -0.457 e. The average Bonchev–Trinajstić information content (AvgIpc) is 2.82. The van der Waals surface area contributed by atoms with E-state index in [1.54, 1.807) is 66.9 Å². The molecule has 0 bridgehead atoms. The molecule has 0 unspecified atom stereocenters. The number of hydrogen-bond donors (Lipinski definition) is 1. The SMILES string of the molecule is CC(=O)Cc1cc(Oc2ccc(Nc3nc(=O)n(C)c(=O)n3Cc3ccc(Cl)cc3)cc2)ccn1. The summed E-state index contributed by atoms with van der Waals surface area (Å²) < 4.78 is 8.19. The summed E-state index contributed by atoms with van der Waals surface area (Å²) in [5.74, 6) is 1.25. The van der Waals surface area contributed by atoms with Gasteiger partial charge in [-0.05, 0) is 55.0 Å². The monoisotopic (exact) mass is 491 g/mol. The van der Waals surface area contributed by atoms with Gasteiger partial charge < -0.3 is 10.1 Å². The molecule has 0 saturated heterocycles. The fourth-order valence-corrected chi connectivity index (χ4v) is 3.46. The molecule has 2 aromatic carbocycles. The molecule has 35 heavy (non-hydrogen) atoms. The van der Waals surface area contributed by atoms with E-state index in [2.05, 4.69) is 15.3 Å². The van der Waals surface area contributed by atoms with Crippen molar-refractivity contribution in [1.82, 2.24) is 19.1 Å². The first kappa shape index (κ1) is 23.9. The zero-order valence-corrected chi connectivity index (χ0v) is 19.8. The van der Waals surface area contributed by atoms with E-state index in [0.717, 1.165) is 10.1 Å². The van der Waals surface area contributed by atoms with Gasteiger partial charge in [0, 0.05) is 36.4 Å². The number of Topliss-reactive ketones (excluding diaryl/α,β-unsaturated/α-hetero) is 1. The van der Waals surface area contributed by atoms with Gasteiger partial charge in [0.05, 0.1) is 12.2 Å². The molecule has 2 aromatic heterocycles. The van der Waals surface area contributed by atoms with Crippen LogP contribution < -0.4 is 21.4 Å². The number of benzene rings is 2. The van der Waals surface area contributed by atoms with Crippen LogP contribution >= 0.6 is 11.6 Å². The van der Waals surface area contributed by atoms with Gasteiger partial charge in [-0.3, -0.25) is 14.3 Å². The molecule has 4 aromatic rings. The number of pyridine rings is 1. The van der Waals surface area contributed by atoms with E-state index in [9.17, 15) is 14.4 Å². The summed E-state index contributed by atoms with van der Waals surface area (Å²) in [5.41, 5.74) is 0.897. The zero-order valence-electron chi connectivity index (χ0n) is 19.1. The van der Waals surface area contributed by atoms with Crippen molar-refractivity contribution in [2.75, 3.05) is 5.32 Å². The Hall–Kier alpha value is -4.24. The Balaban J connectivity index is 1.55. The molecular weight excluding hydrogens is 470 g/mol. The van der Waals surface area contributed by atoms with Crippen molar-refractivity contribution in [1.29, 1.82) is 0 Å². The van der Waals surface area contributed by atoms with Crippen LogP contribution in [0.2, 0.25) is 5.02 Å². The quantitative estimate of drug-likeness (QED) is 0.400. The third-order valence-electron chi connectivity index (χ3n) is 5.08. The minimum atomic E-state index is -0.663. The summed E-state index contributed by atoms with van der Waals surface area (Å²) in [4.78, 5) is 44.5. The molecule has 0 aliphatic carbocycles. The maximum absolute atomic E-state index is 12.8. The van der Waals surface area contributed by atoms with Crippen LogP contribution in [0.15, 0.2) is 76.4 Å². The van der Waals surface area contributed by atoms with E-state index in [0.29, 0.717) is 27.9 Å². The second-order valence-electron chi connectivity index (χ2n) is 7.89. The molecular formula is C25H22ClN5O4. The molecule has 9 nitrogen and oxygen atoms in total. The number of anilines is 2. The fraction of sp³-hybridized carbons (Fsp3) is 0.160. The highest BCUT2D eigenvalue weighted by Gasteiger charge is 2.12. The number of nitrogens with one attached hydrogen (secondary N) is 1. The van der Waals surface area contributed by atoms with Crippen LogP contribution in [0.25, 0.3) is 0 Å². The highest BCUT2D eigenvalue weighted by atomic mass is 35.5. The number of aromatic nitrogens is 4. The normalized spacial score (nSPS) is 10.7. The van der Waals surface area contributed by atoms with Gasteiger partial charge in [0.1, 0.15) is 17.3 Å². The molecule has 1 N–H and O–H groups in total. The van der Waals surface area contributed by atoms with E-state index >= 15 is 0 Å². The predicted octanol–water partition coefficient (Wildman–Crippen LogP) is 3.71. The van der Waals surface area contributed by atoms with E-state index in [1.165, 1.54) is 18.5 Å². The maximum Gasteiger partial charge on any atom is 0.354 e. The number of nitrogens with zero attached hydrogens (tertiary/aromatic N) is 4. The number of carbonyl (C=O) groups is 1. The topological polar surface area (TPSA) is 108 Å². The lowest BCUT2D eigenvalue weighted by molar-refractivity contribution is -0.116. The highest BCUT2D eigenvalue weighted by molar-refractivity contribution is 6.30. The number of ketones is 1. The Bertz CT molecular complexity index is 1480. The van der Waals surface area contributed by atoms with Gasteiger partial charge >= 0.3 is 11.4 Å². The molecule has 2 heterocycles. The lowest BCUT2D eigenvalue weighted by Crippen LogP contribution is -2.41. The van der Waals surface area contributed by atoms with Crippen LogP contribution in [0, 0.1) is 0 Å². The van der Waals surface area contributed by atoms with Crippen LogP contribution in [0.4, 0.5) is 11.6 Å². The first-order valence-electron chi connectivity index (χ1n) is 10.7. The summed E-state index contributed by atoms with van der Waals surface area (Å²) in [6.07, 6.45) is 1.83. The lowest BCUT2D eigenvalue weighted by atomic mass is 10.2. The second-order valence-corrected chi connectivity index (χ2v) is 8.32. The largest absolute Gasteiger partial charge is 0.457 e. The van der Waals surface area contributed by atoms with Crippen LogP contribution in [-0.4, -0.2) is 24.9 Å². The predicted molar refractivity (Wildman–Crippen MR) is 133 cm³/mol. The van der Waals surface area contributed by atoms with Crippen molar-refractivity contribution < 1.29 is 9.53 Å². The van der Waals surface area contributed by atoms with Gasteiger partial charge in [-0.25, -0.2) is 14.2 Å². The van der Waals surface area contributed by atoms with Crippen molar-refractivity contribution in [2.45, 2.75) is 19.9 Å². The summed E-state index contributed by atoms with van der Waals surface area (Å²) in [7, 11) is 1.38. The molecule has 178 valence electrons. The number of halogens is 1. The average molecular weight is 492 g/mol. The third kappa shape index (κ3) is 6.01. The Labute approximate surface area is 205 Å². The first-order valence-corrected chi connectivity index (χ1v) is 11.1. The summed E-state index contributed by atoms with van der Waals surface area (Å²) >= 11 is 5.96. The van der Waals surface area contributed by atoms with E-state index in [4.69, 9.17) is 16.3 Å². The smallest absolute Gasteiger partial charge is 0.354 e. The van der Waals surface area contributed by atoms with Crippen molar-refractivity contribution >= 4 is 29.0 Å². The Kier molecular flexibility index (Phi) is 7.07.